The van der Waals surface area contributed by atoms with Crippen molar-refractivity contribution >= 4 is 11.6 Å². The molecule has 1 aliphatic heterocycles. The van der Waals surface area contributed by atoms with E-state index in [1.165, 1.54) is 0 Å². The van der Waals surface area contributed by atoms with E-state index in [9.17, 15) is 5.11 Å². The summed E-state index contributed by atoms with van der Waals surface area (Å²) in [7, 11) is 0. The third-order valence-electron chi connectivity index (χ3n) is 5.02. The summed E-state index contributed by atoms with van der Waals surface area (Å²) >= 11 is 5.91. The van der Waals surface area contributed by atoms with Gasteiger partial charge in [0.15, 0.2) is 5.82 Å². The number of hydrogen-bond acceptors (Lipinski definition) is 4. The molecule has 23 heavy (non-hydrogen) atoms. The first-order valence-corrected chi connectivity index (χ1v) is 8.52. The summed E-state index contributed by atoms with van der Waals surface area (Å²) < 4.78 is 0. The monoisotopic (exact) mass is 329 g/mol. The Labute approximate surface area is 141 Å². The fourth-order valence-corrected chi connectivity index (χ4v) is 4.06. The standard InChI is InChI=1S/C18H20ClN3O/c19-16-3-1-13(2-4-16)18-20-7-12(8-21-18)9-22-10-14-5-17(23)6-15(14)11-22/h1-4,7-8,14-15,17,23H,5-6,9-11H2/t14-,15+,17?. The number of nitrogens with zero attached hydrogens (tertiary/aromatic N) is 3. The molecule has 1 aromatic carbocycles. The van der Waals surface area contributed by atoms with Crippen LogP contribution in [0, 0.1) is 11.8 Å². The van der Waals surface area contributed by atoms with Crippen LogP contribution in [0.3, 0.4) is 0 Å². The van der Waals surface area contributed by atoms with E-state index in [2.05, 4.69) is 14.9 Å². The number of benzene rings is 1. The molecule has 1 aliphatic carbocycles. The number of hydrogen-bond donors (Lipinski definition) is 1. The maximum atomic E-state index is 9.72. The highest BCUT2D eigenvalue weighted by Crippen LogP contribution is 2.38. The van der Waals surface area contributed by atoms with Crippen LogP contribution in [-0.2, 0) is 6.54 Å². The number of fused-ring (bicyclic) bond motifs is 1. The Bertz CT molecular complexity index is 660. The van der Waals surface area contributed by atoms with Crippen molar-refractivity contribution in [3.63, 3.8) is 0 Å². The van der Waals surface area contributed by atoms with Gasteiger partial charge in [-0.15, -0.1) is 0 Å². The number of aliphatic hydroxyl groups is 1. The fourth-order valence-electron chi connectivity index (χ4n) is 3.94. The maximum absolute atomic E-state index is 9.72. The Morgan fingerprint density at radius 1 is 1.04 bits per heavy atom. The van der Waals surface area contributed by atoms with Crippen molar-refractivity contribution in [3.8, 4) is 11.4 Å². The minimum Gasteiger partial charge on any atom is -0.393 e. The largest absolute Gasteiger partial charge is 0.393 e. The van der Waals surface area contributed by atoms with Crippen LogP contribution in [0.2, 0.25) is 5.02 Å². The van der Waals surface area contributed by atoms with Crippen molar-refractivity contribution in [1.82, 2.24) is 14.9 Å². The number of rotatable bonds is 3. The molecule has 1 unspecified atom stereocenters. The van der Waals surface area contributed by atoms with Gasteiger partial charge in [-0.2, -0.15) is 0 Å². The summed E-state index contributed by atoms with van der Waals surface area (Å²) in [4.78, 5) is 11.4. The lowest BCUT2D eigenvalue weighted by Gasteiger charge is -2.17. The molecule has 5 heteroatoms. The number of aromatic nitrogens is 2. The quantitative estimate of drug-likeness (QED) is 0.940. The highest BCUT2D eigenvalue weighted by molar-refractivity contribution is 6.30. The minimum atomic E-state index is -0.0749. The van der Waals surface area contributed by atoms with Crippen LogP contribution in [0.15, 0.2) is 36.7 Å². The zero-order valence-electron chi connectivity index (χ0n) is 12.9. The summed E-state index contributed by atoms with van der Waals surface area (Å²) in [6.45, 7) is 3.06. The van der Waals surface area contributed by atoms with Gasteiger partial charge in [0.1, 0.15) is 0 Å². The molecule has 1 saturated carbocycles. The van der Waals surface area contributed by atoms with Crippen molar-refractivity contribution in [3.05, 3.63) is 47.2 Å². The molecule has 1 aromatic heterocycles. The smallest absolute Gasteiger partial charge is 0.159 e. The second-order valence-electron chi connectivity index (χ2n) is 6.76. The summed E-state index contributed by atoms with van der Waals surface area (Å²) in [5, 5.41) is 10.4. The van der Waals surface area contributed by atoms with Crippen molar-refractivity contribution in [2.24, 2.45) is 11.8 Å². The molecule has 120 valence electrons. The first-order valence-electron chi connectivity index (χ1n) is 8.14. The molecule has 1 saturated heterocycles. The molecule has 2 aliphatic rings. The first kappa shape index (κ1) is 15.1. The van der Waals surface area contributed by atoms with Crippen molar-refractivity contribution in [2.75, 3.05) is 13.1 Å². The third kappa shape index (κ3) is 3.25. The van der Waals surface area contributed by atoms with Crippen LogP contribution in [0.5, 0.6) is 0 Å². The Morgan fingerprint density at radius 2 is 1.65 bits per heavy atom. The topological polar surface area (TPSA) is 49.2 Å². The van der Waals surface area contributed by atoms with E-state index in [-0.39, 0.29) is 6.10 Å². The predicted molar refractivity (Wildman–Crippen MR) is 90.0 cm³/mol. The Hall–Kier alpha value is -1.49. The van der Waals surface area contributed by atoms with Gasteiger partial charge in [-0.3, -0.25) is 4.90 Å². The molecule has 2 fully saturated rings. The highest BCUT2D eigenvalue weighted by Gasteiger charge is 2.39. The first-order chi connectivity index (χ1) is 11.2. The van der Waals surface area contributed by atoms with E-state index in [4.69, 9.17) is 11.6 Å². The van der Waals surface area contributed by atoms with Crippen molar-refractivity contribution in [1.29, 1.82) is 0 Å². The number of likely N-dealkylation sites (tertiary alicyclic amines) is 1. The second-order valence-corrected chi connectivity index (χ2v) is 7.20. The Morgan fingerprint density at radius 3 is 2.26 bits per heavy atom. The molecule has 1 N–H and O–H groups in total. The lowest BCUT2D eigenvalue weighted by Crippen LogP contribution is -2.22. The molecular formula is C18H20ClN3O. The van der Waals surface area contributed by atoms with Gasteiger partial charge >= 0.3 is 0 Å². The maximum Gasteiger partial charge on any atom is 0.159 e. The zero-order chi connectivity index (χ0) is 15.8. The fraction of sp³-hybridized carbons (Fsp3) is 0.444. The lowest BCUT2D eigenvalue weighted by molar-refractivity contribution is 0.161. The predicted octanol–water partition coefficient (Wildman–Crippen LogP) is 3.00. The van der Waals surface area contributed by atoms with Gasteiger partial charge in [-0.25, -0.2) is 9.97 Å². The second kappa shape index (κ2) is 6.19. The average molecular weight is 330 g/mol. The van der Waals surface area contributed by atoms with E-state index in [1.54, 1.807) is 0 Å². The van der Waals surface area contributed by atoms with Gasteiger partial charge in [0.05, 0.1) is 6.10 Å². The van der Waals surface area contributed by atoms with Crippen LogP contribution in [0.4, 0.5) is 0 Å². The molecule has 0 radical (unpaired) electrons. The van der Waals surface area contributed by atoms with E-state index >= 15 is 0 Å². The molecule has 0 spiro atoms. The molecule has 0 amide bonds. The summed E-state index contributed by atoms with van der Waals surface area (Å²) in [5.41, 5.74) is 2.12. The van der Waals surface area contributed by atoms with Crippen molar-refractivity contribution in [2.45, 2.75) is 25.5 Å². The van der Waals surface area contributed by atoms with E-state index in [0.29, 0.717) is 11.8 Å². The van der Waals surface area contributed by atoms with Gasteiger partial charge < -0.3 is 5.11 Å². The highest BCUT2D eigenvalue weighted by atomic mass is 35.5. The summed E-state index contributed by atoms with van der Waals surface area (Å²) in [6.07, 6.45) is 5.69. The normalized spacial score (nSPS) is 27.3. The SMILES string of the molecule is OC1C[C@@H]2CN(Cc3cnc(-c4ccc(Cl)cc4)nc3)C[C@@H]2C1. The van der Waals surface area contributed by atoms with Crippen molar-refractivity contribution < 1.29 is 5.11 Å². The zero-order valence-corrected chi connectivity index (χ0v) is 13.7. The Kier molecular flexibility index (Phi) is 4.05. The molecule has 4 nitrogen and oxygen atoms in total. The van der Waals surface area contributed by atoms with Gasteiger partial charge in [-0.05, 0) is 48.9 Å². The molecule has 2 aromatic rings. The number of aliphatic hydroxyl groups excluding tert-OH is 1. The lowest BCUT2D eigenvalue weighted by atomic mass is 10.0. The molecule has 2 heterocycles. The summed E-state index contributed by atoms with van der Waals surface area (Å²) in [5.74, 6) is 2.06. The van der Waals surface area contributed by atoms with Crippen LogP contribution in [-0.4, -0.2) is 39.2 Å². The van der Waals surface area contributed by atoms with Crippen LogP contribution >= 0.6 is 11.6 Å². The van der Waals surface area contributed by atoms with E-state index in [0.717, 1.165) is 54.4 Å². The molecule has 4 rings (SSSR count). The Balaban J connectivity index is 1.40. The van der Waals surface area contributed by atoms with E-state index < -0.39 is 0 Å². The molecule has 0 bridgehead atoms. The average Bonchev–Trinajstić information content (AvgIpc) is 3.05. The van der Waals surface area contributed by atoms with Gasteiger partial charge in [-0.1, -0.05) is 11.6 Å². The molecule has 3 atom stereocenters. The third-order valence-corrected chi connectivity index (χ3v) is 5.27. The van der Waals surface area contributed by atoms with Crippen LogP contribution in [0.1, 0.15) is 18.4 Å². The summed E-state index contributed by atoms with van der Waals surface area (Å²) in [6, 6.07) is 7.58. The van der Waals surface area contributed by atoms with Crippen LogP contribution in [0.25, 0.3) is 11.4 Å². The van der Waals surface area contributed by atoms with Gasteiger partial charge in [0.2, 0.25) is 0 Å². The molecular weight excluding hydrogens is 310 g/mol. The van der Waals surface area contributed by atoms with Crippen LogP contribution < -0.4 is 0 Å². The van der Waals surface area contributed by atoms with Gasteiger partial charge in [0.25, 0.3) is 0 Å². The minimum absolute atomic E-state index is 0.0749. The number of halogens is 1. The van der Waals surface area contributed by atoms with Gasteiger partial charge in [0, 0.05) is 48.2 Å². The van der Waals surface area contributed by atoms with E-state index in [1.807, 2.05) is 36.7 Å².